The van der Waals surface area contributed by atoms with Crippen molar-refractivity contribution in [1.82, 2.24) is 0 Å². The number of carbonyl (C=O) groups excluding carboxylic acids is 1. The summed E-state index contributed by atoms with van der Waals surface area (Å²) >= 11 is 0. The van der Waals surface area contributed by atoms with Crippen LogP contribution in [0.1, 0.15) is 21.5 Å². The van der Waals surface area contributed by atoms with E-state index in [0.29, 0.717) is 11.3 Å². The molecule has 0 radical (unpaired) electrons. The van der Waals surface area contributed by atoms with Crippen LogP contribution in [-0.4, -0.2) is 34.7 Å². The smallest absolute Gasteiger partial charge is 0.376 e. The van der Waals surface area contributed by atoms with Crippen LogP contribution in [0.25, 0.3) is 0 Å². The van der Waals surface area contributed by atoms with Crippen LogP contribution in [0, 0.1) is 6.92 Å². The molecule has 0 fully saturated rings. The predicted molar refractivity (Wildman–Crippen MR) is 98.0 cm³/mol. The highest BCUT2D eigenvalue weighted by Crippen LogP contribution is 2.35. The van der Waals surface area contributed by atoms with Gasteiger partial charge in [-0.3, -0.25) is 4.79 Å². The van der Waals surface area contributed by atoms with Crippen molar-refractivity contribution in [1.29, 1.82) is 0 Å². The molecule has 0 saturated heterocycles. The van der Waals surface area contributed by atoms with E-state index in [1.54, 1.807) is 25.9 Å². The first kappa shape index (κ1) is 20.8. The molecule has 27 heavy (non-hydrogen) atoms. The van der Waals surface area contributed by atoms with Gasteiger partial charge in [0.05, 0.1) is 21.8 Å². The van der Waals surface area contributed by atoms with E-state index in [4.69, 9.17) is 0 Å². The first-order valence-corrected chi connectivity index (χ1v) is 9.70. The van der Waals surface area contributed by atoms with E-state index in [9.17, 15) is 26.4 Å². The SMILES string of the molecule is Cc1ccc(S(C)(=O)=O)cc1C(=O)Nc1cc(C(F)(F)F)ccc1N(C)C. The van der Waals surface area contributed by atoms with Crippen molar-refractivity contribution in [2.75, 3.05) is 30.6 Å². The number of hydrogen-bond acceptors (Lipinski definition) is 4. The summed E-state index contributed by atoms with van der Waals surface area (Å²) in [6.45, 7) is 1.61. The average molecular weight is 400 g/mol. The Bertz CT molecular complexity index is 984. The number of anilines is 2. The van der Waals surface area contributed by atoms with Crippen molar-refractivity contribution >= 4 is 27.1 Å². The van der Waals surface area contributed by atoms with Crippen molar-refractivity contribution in [3.8, 4) is 0 Å². The third kappa shape index (κ3) is 4.79. The second-order valence-electron chi connectivity index (χ2n) is 6.33. The van der Waals surface area contributed by atoms with Crippen molar-refractivity contribution in [2.45, 2.75) is 18.0 Å². The number of rotatable bonds is 4. The Morgan fingerprint density at radius 3 is 2.22 bits per heavy atom. The fourth-order valence-electron chi connectivity index (χ4n) is 2.47. The molecule has 0 saturated carbocycles. The molecule has 0 bridgehead atoms. The lowest BCUT2D eigenvalue weighted by atomic mass is 10.1. The van der Waals surface area contributed by atoms with Gasteiger partial charge in [-0.2, -0.15) is 13.2 Å². The predicted octanol–water partition coefficient (Wildman–Crippen LogP) is 3.74. The Labute approximate surface area is 155 Å². The molecule has 0 aliphatic carbocycles. The molecular formula is C18H19F3N2O3S. The van der Waals surface area contributed by atoms with Gasteiger partial charge in [-0.25, -0.2) is 8.42 Å². The monoisotopic (exact) mass is 400 g/mol. The molecule has 5 nitrogen and oxygen atoms in total. The van der Waals surface area contributed by atoms with Crippen molar-refractivity contribution in [2.24, 2.45) is 0 Å². The molecule has 0 atom stereocenters. The molecule has 1 N–H and O–H groups in total. The minimum Gasteiger partial charge on any atom is -0.376 e. The van der Waals surface area contributed by atoms with Gasteiger partial charge in [0, 0.05) is 25.9 Å². The van der Waals surface area contributed by atoms with Crippen LogP contribution in [0.3, 0.4) is 0 Å². The number of carbonyl (C=O) groups is 1. The van der Waals surface area contributed by atoms with E-state index in [2.05, 4.69) is 5.32 Å². The van der Waals surface area contributed by atoms with E-state index >= 15 is 0 Å². The van der Waals surface area contributed by atoms with E-state index in [-0.39, 0.29) is 16.1 Å². The van der Waals surface area contributed by atoms with Gasteiger partial charge in [0.15, 0.2) is 9.84 Å². The quantitative estimate of drug-likeness (QED) is 0.849. The number of benzene rings is 2. The Hall–Kier alpha value is -2.55. The third-order valence-corrected chi connectivity index (χ3v) is 5.05. The van der Waals surface area contributed by atoms with Crippen LogP contribution in [-0.2, 0) is 16.0 Å². The molecule has 0 unspecified atom stereocenters. The van der Waals surface area contributed by atoms with Crippen molar-refractivity contribution in [3.05, 3.63) is 53.1 Å². The zero-order valence-electron chi connectivity index (χ0n) is 15.2. The minimum absolute atomic E-state index is 0.0241. The lowest BCUT2D eigenvalue weighted by Crippen LogP contribution is -2.19. The molecular weight excluding hydrogens is 381 g/mol. The van der Waals surface area contributed by atoms with Gasteiger partial charge in [-0.05, 0) is 42.8 Å². The van der Waals surface area contributed by atoms with Crippen molar-refractivity contribution < 1.29 is 26.4 Å². The Kier molecular flexibility index (Phi) is 5.55. The molecule has 0 aliphatic heterocycles. The van der Waals surface area contributed by atoms with Crippen LogP contribution in [0.4, 0.5) is 24.5 Å². The Balaban J connectivity index is 2.49. The fourth-order valence-corrected chi connectivity index (χ4v) is 3.12. The number of halogens is 3. The second-order valence-corrected chi connectivity index (χ2v) is 8.34. The number of nitrogens with one attached hydrogen (secondary N) is 1. The van der Waals surface area contributed by atoms with Gasteiger partial charge < -0.3 is 10.2 Å². The maximum atomic E-state index is 13.0. The van der Waals surface area contributed by atoms with Gasteiger partial charge >= 0.3 is 6.18 Å². The largest absolute Gasteiger partial charge is 0.416 e. The Morgan fingerprint density at radius 2 is 1.70 bits per heavy atom. The van der Waals surface area contributed by atoms with Gasteiger partial charge in [-0.1, -0.05) is 6.07 Å². The van der Waals surface area contributed by atoms with Crippen LogP contribution >= 0.6 is 0 Å². The fraction of sp³-hybridized carbons (Fsp3) is 0.278. The van der Waals surface area contributed by atoms with E-state index in [1.807, 2.05) is 0 Å². The summed E-state index contributed by atoms with van der Waals surface area (Å²) in [7, 11) is -0.268. The highest BCUT2D eigenvalue weighted by Gasteiger charge is 2.31. The van der Waals surface area contributed by atoms with Gasteiger partial charge in [0.25, 0.3) is 5.91 Å². The standard InChI is InChI=1S/C18H19F3N2O3S/c1-11-5-7-13(27(4,25)26)10-14(11)17(24)22-15-9-12(18(19,20)21)6-8-16(15)23(2)3/h5-10H,1-4H3,(H,22,24). The highest BCUT2D eigenvalue weighted by atomic mass is 32.2. The minimum atomic E-state index is -4.56. The van der Waals surface area contributed by atoms with E-state index < -0.39 is 27.5 Å². The van der Waals surface area contributed by atoms with E-state index in [0.717, 1.165) is 18.4 Å². The zero-order valence-corrected chi connectivity index (χ0v) is 16.0. The van der Waals surface area contributed by atoms with Crippen LogP contribution in [0.5, 0.6) is 0 Å². The molecule has 0 aromatic heterocycles. The first-order chi connectivity index (χ1) is 12.3. The summed E-state index contributed by atoms with van der Waals surface area (Å²) < 4.78 is 62.5. The van der Waals surface area contributed by atoms with Crippen LogP contribution in [0.2, 0.25) is 0 Å². The molecule has 0 heterocycles. The summed E-state index contributed by atoms with van der Waals surface area (Å²) in [5.41, 5.74) is 0.0283. The molecule has 146 valence electrons. The lowest BCUT2D eigenvalue weighted by Gasteiger charge is -2.20. The Morgan fingerprint density at radius 1 is 1.07 bits per heavy atom. The second kappa shape index (κ2) is 7.22. The number of hydrogen-bond donors (Lipinski definition) is 1. The number of alkyl halides is 3. The summed E-state index contributed by atoms with van der Waals surface area (Å²) in [5.74, 6) is -0.694. The number of nitrogens with zero attached hydrogens (tertiary/aromatic N) is 1. The summed E-state index contributed by atoms with van der Waals surface area (Å²) in [6, 6.07) is 7.10. The summed E-state index contributed by atoms with van der Waals surface area (Å²) in [4.78, 5) is 14.2. The normalized spacial score (nSPS) is 12.0. The third-order valence-electron chi connectivity index (χ3n) is 3.94. The molecule has 2 rings (SSSR count). The first-order valence-electron chi connectivity index (χ1n) is 7.81. The number of sulfone groups is 1. The molecule has 2 aromatic carbocycles. The van der Waals surface area contributed by atoms with Gasteiger partial charge in [-0.15, -0.1) is 0 Å². The average Bonchev–Trinajstić information content (AvgIpc) is 2.52. The molecule has 0 aliphatic rings. The highest BCUT2D eigenvalue weighted by molar-refractivity contribution is 7.90. The lowest BCUT2D eigenvalue weighted by molar-refractivity contribution is -0.137. The maximum Gasteiger partial charge on any atom is 0.416 e. The topological polar surface area (TPSA) is 66.5 Å². The van der Waals surface area contributed by atoms with Crippen molar-refractivity contribution in [3.63, 3.8) is 0 Å². The molecule has 1 amide bonds. The van der Waals surface area contributed by atoms with Gasteiger partial charge in [0.2, 0.25) is 0 Å². The zero-order chi connectivity index (χ0) is 20.6. The molecule has 9 heteroatoms. The summed E-state index contributed by atoms with van der Waals surface area (Å²) in [6.07, 6.45) is -3.55. The summed E-state index contributed by atoms with van der Waals surface area (Å²) in [5, 5.41) is 2.46. The number of aryl methyl sites for hydroxylation is 1. The van der Waals surface area contributed by atoms with E-state index in [1.165, 1.54) is 24.3 Å². The van der Waals surface area contributed by atoms with Crippen LogP contribution in [0.15, 0.2) is 41.3 Å². The van der Waals surface area contributed by atoms with Gasteiger partial charge in [0.1, 0.15) is 0 Å². The van der Waals surface area contributed by atoms with Crippen LogP contribution < -0.4 is 10.2 Å². The maximum absolute atomic E-state index is 13.0. The number of amides is 1. The molecule has 0 spiro atoms. The molecule has 2 aromatic rings.